The average Bonchev–Trinajstić information content (AvgIpc) is 2.37. The number of hydrogen-bond acceptors (Lipinski definition) is 3. The van der Waals surface area contributed by atoms with Gasteiger partial charge in [0.2, 0.25) is 0 Å². The summed E-state index contributed by atoms with van der Waals surface area (Å²) in [5, 5.41) is 3.11. The number of guanidine groups is 1. The minimum atomic E-state index is -0.0623. The van der Waals surface area contributed by atoms with E-state index in [0.29, 0.717) is 19.1 Å². The Labute approximate surface area is 144 Å². The van der Waals surface area contributed by atoms with Gasteiger partial charge in [-0.3, -0.25) is 4.99 Å². The first-order chi connectivity index (χ1) is 9.40. The van der Waals surface area contributed by atoms with Crippen LogP contribution in [0.3, 0.4) is 0 Å². The van der Waals surface area contributed by atoms with Crippen molar-refractivity contribution in [1.82, 2.24) is 5.32 Å². The van der Waals surface area contributed by atoms with E-state index in [-0.39, 0.29) is 29.5 Å². The Hall–Kier alpha value is -1.18. The van der Waals surface area contributed by atoms with E-state index in [4.69, 9.17) is 15.2 Å². The lowest BCUT2D eigenvalue weighted by Crippen LogP contribution is -2.45. The van der Waals surface area contributed by atoms with Crippen LogP contribution in [0.15, 0.2) is 29.3 Å². The van der Waals surface area contributed by atoms with Gasteiger partial charge in [-0.15, -0.1) is 24.0 Å². The number of nitrogens with one attached hydrogen (secondary N) is 1. The number of benzene rings is 1. The van der Waals surface area contributed by atoms with Crippen molar-refractivity contribution in [1.29, 1.82) is 0 Å². The van der Waals surface area contributed by atoms with Gasteiger partial charge in [0, 0.05) is 18.5 Å². The van der Waals surface area contributed by atoms with Crippen LogP contribution in [0.5, 0.6) is 11.5 Å². The lowest BCUT2D eigenvalue weighted by molar-refractivity contribution is 0.312. The largest absolute Gasteiger partial charge is 0.497 e. The van der Waals surface area contributed by atoms with E-state index in [1.54, 1.807) is 7.11 Å². The highest BCUT2D eigenvalue weighted by Crippen LogP contribution is 2.16. The molecule has 0 saturated carbocycles. The Morgan fingerprint density at radius 1 is 1.19 bits per heavy atom. The first-order valence-corrected chi connectivity index (χ1v) is 6.76. The van der Waals surface area contributed by atoms with Crippen molar-refractivity contribution in [3.63, 3.8) is 0 Å². The Kier molecular flexibility index (Phi) is 9.16. The number of halogens is 1. The fraction of sp³-hybridized carbons (Fsp3) is 0.533. The van der Waals surface area contributed by atoms with E-state index in [1.807, 2.05) is 45.0 Å². The van der Waals surface area contributed by atoms with Crippen molar-refractivity contribution >= 4 is 29.9 Å². The molecule has 0 fully saturated rings. The molecule has 0 atom stereocenters. The molecular weight excluding hydrogens is 381 g/mol. The molecule has 0 aliphatic rings. The van der Waals surface area contributed by atoms with Gasteiger partial charge >= 0.3 is 0 Å². The molecule has 0 saturated heterocycles. The monoisotopic (exact) mass is 407 g/mol. The average molecular weight is 407 g/mol. The Bertz CT molecular complexity index is 428. The van der Waals surface area contributed by atoms with Gasteiger partial charge in [0.25, 0.3) is 0 Å². The van der Waals surface area contributed by atoms with Crippen LogP contribution in [0.2, 0.25) is 0 Å². The molecule has 6 heteroatoms. The van der Waals surface area contributed by atoms with Gasteiger partial charge in [-0.05, 0) is 45.0 Å². The minimum Gasteiger partial charge on any atom is -0.497 e. The van der Waals surface area contributed by atoms with Gasteiger partial charge < -0.3 is 20.5 Å². The number of rotatable bonds is 6. The molecular formula is C15H26IN3O2. The van der Waals surface area contributed by atoms with Crippen LogP contribution in [0.25, 0.3) is 0 Å². The SMILES string of the molecule is COc1ccc(OCCCN=C(N)NC(C)(C)C)cc1.I. The highest BCUT2D eigenvalue weighted by molar-refractivity contribution is 14.0. The van der Waals surface area contributed by atoms with Crippen LogP contribution in [-0.4, -0.2) is 31.8 Å². The summed E-state index contributed by atoms with van der Waals surface area (Å²) in [5.41, 5.74) is 5.71. The molecule has 5 nitrogen and oxygen atoms in total. The van der Waals surface area contributed by atoms with E-state index in [0.717, 1.165) is 17.9 Å². The molecule has 3 N–H and O–H groups in total. The lowest BCUT2D eigenvalue weighted by Gasteiger charge is -2.20. The molecule has 0 unspecified atom stereocenters. The second-order valence-corrected chi connectivity index (χ2v) is 5.52. The molecule has 0 spiro atoms. The number of hydrogen-bond donors (Lipinski definition) is 2. The van der Waals surface area contributed by atoms with E-state index in [2.05, 4.69) is 10.3 Å². The number of nitrogens with two attached hydrogens (primary N) is 1. The van der Waals surface area contributed by atoms with Crippen molar-refractivity contribution < 1.29 is 9.47 Å². The van der Waals surface area contributed by atoms with Crippen molar-refractivity contribution in [3.05, 3.63) is 24.3 Å². The van der Waals surface area contributed by atoms with E-state index >= 15 is 0 Å². The second-order valence-electron chi connectivity index (χ2n) is 5.52. The topological polar surface area (TPSA) is 68.9 Å². The molecule has 0 aromatic heterocycles. The second kappa shape index (κ2) is 9.70. The third kappa shape index (κ3) is 9.38. The van der Waals surface area contributed by atoms with Crippen molar-refractivity contribution in [2.45, 2.75) is 32.7 Å². The summed E-state index contributed by atoms with van der Waals surface area (Å²) >= 11 is 0. The summed E-state index contributed by atoms with van der Waals surface area (Å²) in [5.74, 6) is 2.13. The van der Waals surface area contributed by atoms with Gasteiger partial charge in [0.1, 0.15) is 11.5 Å². The Morgan fingerprint density at radius 2 is 1.76 bits per heavy atom. The maximum absolute atomic E-state index is 5.77. The standard InChI is InChI=1S/C15H25N3O2.HI/c1-15(2,3)18-14(16)17-10-5-11-20-13-8-6-12(19-4)7-9-13;/h6-9H,5,10-11H2,1-4H3,(H3,16,17,18);1H. The van der Waals surface area contributed by atoms with Crippen LogP contribution in [0.4, 0.5) is 0 Å². The number of methoxy groups -OCH3 is 1. The molecule has 120 valence electrons. The van der Waals surface area contributed by atoms with E-state index < -0.39 is 0 Å². The predicted octanol–water partition coefficient (Wildman–Crippen LogP) is 2.78. The molecule has 1 aromatic carbocycles. The zero-order chi connectivity index (χ0) is 15.0. The van der Waals surface area contributed by atoms with Crippen LogP contribution in [0.1, 0.15) is 27.2 Å². The highest BCUT2D eigenvalue weighted by Gasteiger charge is 2.09. The predicted molar refractivity (Wildman–Crippen MR) is 97.9 cm³/mol. The molecule has 0 aliphatic carbocycles. The van der Waals surface area contributed by atoms with Gasteiger partial charge in [0.05, 0.1) is 13.7 Å². The maximum Gasteiger partial charge on any atom is 0.188 e. The first kappa shape index (κ1) is 19.8. The molecule has 0 aliphatic heterocycles. The van der Waals surface area contributed by atoms with Gasteiger partial charge in [-0.1, -0.05) is 0 Å². The summed E-state index contributed by atoms with van der Waals surface area (Å²) in [7, 11) is 1.64. The fourth-order valence-corrected chi connectivity index (χ4v) is 1.55. The summed E-state index contributed by atoms with van der Waals surface area (Å²) in [6, 6.07) is 7.52. The molecule has 0 heterocycles. The summed E-state index contributed by atoms with van der Waals surface area (Å²) < 4.78 is 10.7. The summed E-state index contributed by atoms with van der Waals surface area (Å²) in [6.45, 7) is 7.39. The van der Waals surface area contributed by atoms with Crippen molar-refractivity contribution in [2.75, 3.05) is 20.3 Å². The number of aliphatic imine (C=N–C) groups is 1. The minimum absolute atomic E-state index is 0. The van der Waals surface area contributed by atoms with Gasteiger partial charge in [-0.2, -0.15) is 0 Å². The van der Waals surface area contributed by atoms with Crippen molar-refractivity contribution in [3.8, 4) is 11.5 Å². The highest BCUT2D eigenvalue weighted by atomic mass is 127. The van der Waals surface area contributed by atoms with E-state index in [9.17, 15) is 0 Å². The Morgan fingerprint density at radius 3 is 2.29 bits per heavy atom. The van der Waals surface area contributed by atoms with Gasteiger partial charge in [0.15, 0.2) is 5.96 Å². The lowest BCUT2D eigenvalue weighted by atomic mass is 10.1. The first-order valence-electron chi connectivity index (χ1n) is 6.76. The molecule has 1 rings (SSSR count). The smallest absolute Gasteiger partial charge is 0.188 e. The maximum atomic E-state index is 5.77. The fourth-order valence-electron chi connectivity index (χ4n) is 1.55. The third-order valence-corrected chi connectivity index (χ3v) is 2.42. The molecule has 0 bridgehead atoms. The molecule has 0 radical (unpaired) electrons. The summed E-state index contributed by atoms with van der Waals surface area (Å²) in [4.78, 5) is 4.25. The number of nitrogens with zero attached hydrogens (tertiary/aromatic N) is 1. The zero-order valence-corrected chi connectivity index (χ0v) is 15.5. The van der Waals surface area contributed by atoms with Crippen molar-refractivity contribution in [2.24, 2.45) is 10.7 Å². The third-order valence-electron chi connectivity index (χ3n) is 2.42. The van der Waals surface area contributed by atoms with Crippen LogP contribution < -0.4 is 20.5 Å². The molecule has 21 heavy (non-hydrogen) atoms. The molecule has 0 amide bonds. The van der Waals surface area contributed by atoms with E-state index in [1.165, 1.54) is 0 Å². The molecule has 1 aromatic rings. The zero-order valence-electron chi connectivity index (χ0n) is 13.2. The quantitative estimate of drug-likeness (QED) is 0.329. The van der Waals surface area contributed by atoms with Crippen LogP contribution in [-0.2, 0) is 0 Å². The normalized spacial score (nSPS) is 11.5. The summed E-state index contributed by atoms with van der Waals surface area (Å²) in [6.07, 6.45) is 0.818. The van der Waals surface area contributed by atoms with Crippen LogP contribution in [0, 0.1) is 0 Å². The van der Waals surface area contributed by atoms with Gasteiger partial charge in [-0.25, -0.2) is 0 Å². The number of ether oxygens (including phenoxy) is 2. The van der Waals surface area contributed by atoms with Crippen LogP contribution >= 0.6 is 24.0 Å². The Balaban J connectivity index is 0.00000400.